The van der Waals surface area contributed by atoms with Gasteiger partial charge in [-0.2, -0.15) is 0 Å². The van der Waals surface area contributed by atoms with Gasteiger partial charge in [0.2, 0.25) is 0 Å². The van der Waals surface area contributed by atoms with Gasteiger partial charge >= 0.3 is 0 Å². The van der Waals surface area contributed by atoms with Gasteiger partial charge in [-0.15, -0.1) is 0 Å². The molecule has 0 unspecified atom stereocenters. The Balaban J connectivity index is 3.08. The summed E-state index contributed by atoms with van der Waals surface area (Å²) >= 11 is 0. The summed E-state index contributed by atoms with van der Waals surface area (Å²) in [6.07, 6.45) is 7.01. The fraction of sp³-hybridized carbons (Fsp3) is 0.500. The molecule has 0 spiro atoms. The van der Waals surface area contributed by atoms with Crippen LogP contribution in [0.25, 0.3) is 0 Å². The maximum atomic E-state index is 3.58. The summed E-state index contributed by atoms with van der Waals surface area (Å²) in [6, 6.07) is 0. The SMILES string of the molecule is C=C/C=C/CCN(C)C. The largest absolute Gasteiger partial charge is 0.309 e. The minimum atomic E-state index is 1.11. The summed E-state index contributed by atoms with van der Waals surface area (Å²) < 4.78 is 0. The predicted molar refractivity (Wildman–Crippen MR) is 42.5 cm³/mol. The van der Waals surface area contributed by atoms with Gasteiger partial charge in [0, 0.05) is 6.54 Å². The molecule has 0 saturated carbocycles. The molecular weight excluding hydrogens is 110 g/mol. The molecule has 0 amide bonds. The number of hydrogen-bond acceptors (Lipinski definition) is 1. The zero-order valence-electron chi connectivity index (χ0n) is 6.30. The third kappa shape index (κ3) is 7.44. The van der Waals surface area contributed by atoms with Gasteiger partial charge in [0.25, 0.3) is 0 Å². The Kier molecular flexibility index (Phi) is 5.23. The van der Waals surface area contributed by atoms with Crippen molar-refractivity contribution in [3.8, 4) is 0 Å². The Bertz CT molecular complexity index is 92.7. The molecule has 1 nitrogen and oxygen atoms in total. The molecule has 0 radical (unpaired) electrons. The summed E-state index contributed by atoms with van der Waals surface area (Å²) in [5.41, 5.74) is 0. The van der Waals surface area contributed by atoms with E-state index in [0.717, 1.165) is 13.0 Å². The monoisotopic (exact) mass is 125 g/mol. The molecule has 1 heteroatoms. The van der Waals surface area contributed by atoms with E-state index in [2.05, 4.69) is 31.7 Å². The fourth-order valence-electron chi connectivity index (χ4n) is 0.525. The molecule has 0 heterocycles. The van der Waals surface area contributed by atoms with Gasteiger partial charge < -0.3 is 4.90 Å². The van der Waals surface area contributed by atoms with Crippen LogP contribution in [-0.2, 0) is 0 Å². The molecule has 0 aliphatic rings. The zero-order valence-corrected chi connectivity index (χ0v) is 6.30. The van der Waals surface area contributed by atoms with Crippen molar-refractivity contribution in [1.82, 2.24) is 4.90 Å². The standard InChI is InChI=1S/C8H15N/c1-4-5-6-7-8-9(2)3/h4-6H,1,7-8H2,2-3H3/b6-5+. The van der Waals surface area contributed by atoms with Crippen LogP contribution in [0.5, 0.6) is 0 Å². The highest BCUT2D eigenvalue weighted by Crippen LogP contribution is 1.84. The lowest BCUT2D eigenvalue weighted by Gasteiger charge is -2.04. The van der Waals surface area contributed by atoms with Crippen molar-refractivity contribution in [2.24, 2.45) is 0 Å². The Morgan fingerprint density at radius 3 is 2.56 bits per heavy atom. The number of hydrogen-bond donors (Lipinski definition) is 0. The first kappa shape index (κ1) is 8.44. The van der Waals surface area contributed by atoms with Gasteiger partial charge in [-0.05, 0) is 20.5 Å². The van der Waals surface area contributed by atoms with Crippen molar-refractivity contribution in [2.75, 3.05) is 20.6 Å². The highest BCUT2D eigenvalue weighted by molar-refractivity contribution is 4.96. The van der Waals surface area contributed by atoms with Crippen LogP contribution in [0, 0.1) is 0 Å². The molecule has 0 aliphatic heterocycles. The lowest BCUT2D eigenvalue weighted by Crippen LogP contribution is -2.11. The molecule has 0 aromatic heterocycles. The van der Waals surface area contributed by atoms with Crippen LogP contribution in [-0.4, -0.2) is 25.5 Å². The summed E-state index contributed by atoms with van der Waals surface area (Å²) in [5.74, 6) is 0. The second-order valence-corrected chi connectivity index (χ2v) is 2.26. The Morgan fingerprint density at radius 1 is 1.44 bits per heavy atom. The summed E-state index contributed by atoms with van der Waals surface area (Å²) in [4.78, 5) is 2.16. The highest BCUT2D eigenvalue weighted by atomic mass is 15.0. The molecule has 0 aliphatic carbocycles. The molecule has 0 atom stereocenters. The van der Waals surface area contributed by atoms with Crippen LogP contribution in [0.3, 0.4) is 0 Å². The molecule has 0 bridgehead atoms. The summed E-state index contributed by atoms with van der Waals surface area (Å²) in [5, 5.41) is 0. The molecule has 0 aromatic rings. The van der Waals surface area contributed by atoms with Crippen molar-refractivity contribution >= 4 is 0 Å². The summed E-state index contributed by atoms with van der Waals surface area (Å²) in [6.45, 7) is 4.69. The third-order valence-electron chi connectivity index (χ3n) is 1.02. The molecule has 52 valence electrons. The van der Waals surface area contributed by atoms with E-state index in [1.54, 1.807) is 6.08 Å². The highest BCUT2D eigenvalue weighted by Gasteiger charge is 1.82. The number of allylic oxidation sites excluding steroid dienone is 2. The van der Waals surface area contributed by atoms with Crippen molar-refractivity contribution in [3.05, 3.63) is 24.8 Å². The normalized spacial score (nSPS) is 11.0. The van der Waals surface area contributed by atoms with E-state index in [0.29, 0.717) is 0 Å². The Hall–Kier alpha value is -0.560. The van der Waals surface area contributed by atoms with Crippen LogP contribution in [0.15, 0.2) is 24.8 Å². The molecule has 0 fully saturated rings. The molecule has 0 N–H and O–H groups in total. The van der Waals surface area contributed by atoms with Crippen LogP contribution in [0.4, 0.5) is 0 Å². The van der Waals surface area contributed by atoms with Crippen LogP contribution in [0.2, 0.25) is 0 Å². The maximum absolute atomic E-state index is 3.58. The first-order valence-electron chi connectivity index (χ1n) is 3.19. The van der Waals surface area contributed by atoms with E-state index in [4.69, 9.17) is 0 Å². The summed E-state index contributed by atoms with van der Waals surface area (Å²) in [7, 11) is 4.14. The minimum absolute atomic E-state index is 1.11. The van der Waals surface area contributed by atoms with E-state index >= 15 is 0 Å². The Labute approximate surface area is 57.7 Å². The van der Waals surface area contributed by atoms with Gasteiger partial charge in [0.1, 0.15) is 0 Å². The van der Waals surface area contributed by atoms with Crippen molar-refractivity contribution in [2.45, 2.75) is 6.42 Å². The molecule has 9 heavy (non-hydrogen) atoms. The zero-order chi connectivity index (χ0) is 7.11. The molecule has 0 saturated heterocycles. The van der Waals surface area contributed by atoms with Gasteiger partial charge in [-0.3, -0.25) is 0 Å². The molecule has 0 aromatic carbocycles. The lowest BCUT2D eigenvalue weighted by atomic mass is 10.3. The first-order chi connectivity index (χ1) is 4.27. The molecular formula is C8H15N. The lowest BCUT2D eigenvalue weighted by molar-refractivity contribution is 0.417. The predicted octanol–water partition coefficient (Wildman–Crippen LogP) is 1.68. The van der Waals surface area contributed by atoms with Gasteiger partial charge in [-0.1, -0.05) is 24.8 Å². The van der Waals surface area contributed by atoms with Gasteiger partial charge in [0.15, 0.2) is 0 Å². The second kappa shape index (κ2) is 5.57. The van der Waals surface area contributed by atoms with Gasteiger partial charge in [0.05, 0.1) is 0 Å². The van der Waals surface area contributed by atoms with E-state index in [-0.39, 0.29) is 0 Å². The molecule has 0 rings (SSSR count). The quantitative estimate of drug-likeness (QED) is 0.517. The average molecular weight is 125 g/mol. The average Bonchev–Trinajstić information content (AvgIpc) is 1.80. The van der Waals surface area contributed by atoms with Crippen molar-refractivity contribution < 1.29 is 0 Å². The van der Waals surface area contributed by atoms with E-state index in [9.17, 15) is 0 Å². The van der Waals surface area contributed by atoms with Crippen LogP contribution < -0.4 is 0 Å². The number of nitrogens with zero attached hydrogens (tertiary/aromatic N) is 1. The number of rotatable bonds is 4. The van der Waals surface area contributed by atoms with Gasteiger partial charge in [-0.25, -0.2) is 0 Å². The first-order valence-corrected chi connectivity index (χ1v) is 3.19. The third-order valence-corrected chi connectivity index (χ3v) is 1.02. The minimum Gasteiger partial charge on any atom is -0.309 e. The van der Waals surface area contributed by atoms with Crippen molar-refractivity contribution in [3.63, 3.8) is 0 Å². The van der Waals surface area contributed by atoms with Crippen LogP contribution >= 0.6 is 0 Å². The van der Waals surface area contributed by atoms with Crippen LogP contribution in [0.1, 0.15) is 6.42 Å². The second-order valence-electron chi connectivity index (χ2n) is 2.26. The van der Waals surface area contributed by atoms with E-state index < -0.39 is 0 Å². The smallest absolute Gasteiger partial charge is 0.000991 e. The Morgan fingerprint density at radius 2 is 2.11 bits per heavy atom. The van der Waals surface area contributed by atoms with E-state index in [1.807, 2.05) is 6.08 Å². The topological polar surface area (TPSA) is 3.24 Å². The fourth-order valence-corrected chi connectivity index (χ4v) is 0.525. The van der Waals surface area contributed by atoms with Crippen molar-refractivity contribution in [1.29, 1.82) is 0 Å². The maximum Gasteiger partial charge on any atom is 0.000991 e. The van der Waals surface area contributed by atoms with E-state index in [1.165, 1.54) is 0 Å².